The van der Waals surface area contributed by atoms with Crippen molar-refractivity contribution in [2.24, 2.45) is 5.92 Å². The van der Waals surface area contributed by atoms with Crippen LogP contribution in [0, 0.1) is 5.92 Å². The van der Waals surface area contributed by atoms with E-state index in [0.717, 1.165) is 37.5 Å². The van der Waals surface area contributed by atoms with Crippen molar-refractivity contribution in [1.29, 1.82) is 0 Å². The largest absolute Gasteiger partial charge is 0.496 e. The van der Waals surface area contributed by atoms with E-state index in [1.165, 1.54) is 13.2 Å². The van der Waals surface area contributed by atoms with Crippen LogP contribution in [0.25, 0.3) is 6.08 Å². The molecule has 1 aliphatic heterocycles. The standard InChI is InChI=1S/C23H31N3O4/c1-17(2)8-10-24-23(28)22-19-9-12-25(11-4-6-18-7-5-15-30-18)13-14-26(19)21(27)16-20(22)29-3/h4-7,15-17H,8-14H2,1-3H3,(H,24,28). The van der Waals surface area contributed by atoms with Crippen LogP contribution in [-0.4, -0.2) is 48.7 Å². The molecule has 0 spiro atoms. The average Bonchev–Trinajstić information content (AvgIpc) is 3.14. The molecular formula is C23H31N3O4. The molecule has 0 saturated heterocycles. The van der Waals surface area contributed by atoms with Crippen LogP contribution < -0.4 is 15.6 Å². The summed E-state index contributed by atoms with van der Waals surface area (Å²) < 4.78 is 12.4. The van der Waals surface area contributed by atoms with E-state index < -0.39 is 0 Å². The monoisotopic (exact) mass is 413 g/mol. The Morgan fingerprint density at radius 3 is 2.87 bits per heavy atom. The van der Waals surface area contributed by atoms with Crippen molar-refractivity contribution in [3.63, 3.8) is 0 Å². The second-order valence-corrected chi connectivity index (χ2v) is 7.93. The molecular weight excluding hydrogens is 382 g/mol. The first-order valence-electron chi connectivity index (χ1n) is 10.5. The zero-order chi connectivity index (χ0) is 21.5. The first-order valence-corrected chi connectivity index (χ1v) is 10.5. The van der Waals surface area contributed by atoms with E-state index in [4.69, 9.17) is 9.15 Å². The highest BCUT2D eigenvalue weighted by molar-refractivity contribution is 5.98. The van der Waals surface area contributed by atoms with Crippen molar-refractivity contribution < 1.29 is 13.9 Å². The van der Waals surface area contributed by atoms with Gasteiger partial charge in [-0.3, -0.25) is 14.5 Å². The van der Waals surface area contributed by atoms with Crippen LogP contribution in [0.3, 0.4) is 0 Å². The van der Waals surface area contributed by atoms with Gasteiger partial charge < -0.3 is 19.0 Å². The number of hydrogen-bond donors (Lipinski definition) is 1. The number of pyridine rings is 1. The van der Waals surface area contributed by atoms with E-state index in [0.29, 0.717) is 36.7 Å². The smallest absolute Gasteiger partial charge is 0.256 e. The van der Waals surface area contributed by atoms with Gasteiger partial charge in [0.1, 0.15) is 17.1 Å². The molecule has 3 heterocycles. The summed E-state index contributed by atoms with van der Waals surface area (Å²) in [7, 11) is 1.50. The molecule has 7 nitrogen and oxygen atoms in total. The molecule has 0 unspecified atom stereocenters. The highest BCUT2D eigenvalue weighted by Gasteiger charge is 2.24. The minimum absolute atomic E-state index is 0.131. The first-order chi connectivity index (χ1) is 14.5. The molecule has 1 N–H and O–H groups in total. The number of carbonyl (C=O) groups excluding carboxylic acids is 1. The highest BCUT2D eigenvalue weighted by Crippen LogP contribution is 2.23. The number of ether oxygens (including phenoxy) is 1. The number of methoxy groups -OCH3 is 1. The SMILES string of the molecule is COc1cc(=O)n2c(c1C(=O)NCCC(C)C)CCN(CC=Cc1ccco1)CC2. The second kappa shape index (κ2) is 10.3. The van der Waals surface area contributed by atoms with Crippen LogP contribution in [0.15, 0.2) is 39.7 Å². The normalized spacial score (nSPS) is 14.7. The van der Waals surface area contributed by atoms with Crippen molar-refractivity contribution in [3.8, 4) is 5.75 Å². The van der Waals surface area contributed by atoms with Gasteiger partial charge in [0.2, 0.25) is 0 Å². The molecule has 2 aromatic heterocycles. The molecule has 3 rings (SSSR count). The maximum absolute atomic E-state index is 12.9. The number of hydrogen-bond acceptors (Lipinski definition) is 5. The van der Waals surface area contributed by atoms with Crippen LogP contribution in [0.2, 0.25) is 0 Å². The zero-order valence-corrected chi connectivity index (χ0v) is 18.0. The third-order valence-corrected chi connectivity index (χ3v) is 5.33. The van der Waals surface area contributed by atoms with Gasteiger partial charge in [-0.25, -0.2) is 0 Å². The minimum atomic E-state index is -0.178. The average molecular weight is 414 g/mol. The first kappa shape index (κ1) is 21.9. The van der Waals surface area contributed by atoms with E-state index in [1.807, 2.05) is 18.2 Å². The third kappa shape index (κ3) is 5.42. The summed E-state index contributed by atoms with van der Waals surface area (Å²) in [5.74, 6) is 1.49. The minimum Gasteiger partial charge on any atom is -0.496 e. The molecule has 0 bridgehead atoms. The molecule has 0 aliphatic carbocycles. The summed E-state index contributed by atoms with van der Waals surface area (Å²) in [5.41, 5.74) is 1.10. The Morgan fingerprint density at radius 1 is 1.33 bits per heavy atom. The molecule has 0 saturated carbocycles. The number of amides is 1. The van der Waals surface area contributed by atoms with Gasteiger partial charge in [-0.2, -0.15) is 0 Å². The van der Waals surface area contributed by atoms with Crippen LogP contribution in [0.1, 0.15) is 42.1 Å². The molecule has 162 valence electrons. The maximum atomic E-state index is 12.9. The Balaban J connectivity index is 1.77. The molecule has 1 aliphatic rings. The summed E-state index contributed by atoms with van der Waals surface area (Å²) in [5, 5.41) is 2.99. The maximum Gasteiger partial charge on any atom is 0.256 e. The van der Waals surface area contributed by atoms with Crippen molar-refractivity contribution in [3.05, 3.63) is 57.9 Å². The third-order valence-electron chi connectivity index (χ3n) is 5.33. The summed E-state index contributed by atoms with van der Waals surface area (Å²) in [6.45, 7) is 7.61. The number of aromatic nitrogens is 1. The fourth-order valence-corrected chi connectivity index (χ4v) is 3.65. The number of nitrogens with one attached hydrogen (secondary N) is 1. The summed E-state index contributed by atoms with van der Waals surface area (Å²) in [4.78, 5) is 27.9. The van der Waals surface area contributed by atoms with Crippen LogP contribution >= 0.6 is 0 Å². The fourth-order valence-electron chi connectivity index (χ4n) is 3.65. The molecule has 0 atom stereocenters. The van der Waals surface area contributed by atoms with Crippen LogP contribution in [0.5, 0.6) is 5.75 Å². The highest BCUT2D eigenvalue weighted by atomic mass is 16.5. The fraction of sp³-hybridized carbons (Fsp3) is 0.478. The van der Waals surface area contributed by atoms with Crippen molar-refractivity contribution in [2.75, 3.05) is 33.3 Å². The van der Waals surface area contributed by atoms with Crippen molar-refractivity contribution in [2.45, 2.75) is 33.2 Å². The molecule has 0 fully saturated rings. The van der Waals surface area contributed by atoms with Crippen molar-refractivity contribution in [1.82, 2.24) is 14.8 Å². The lowest BCUT2D eigenvalue weighted by Crippen LogP contribution is -2.32. The van der Waals surface area contributed by atoms with Gasteiger partial charge in [-0.05, 0) is 30.5 Å². The van der Waals surface area contributed by atoms with Gasteiger partial charge in [0.05, 0.1) is 13.4 Å². The quantitative estimate of drug-likeness (QED) is 0.720. The lowest BCUT2D eigenvalue weighted by atomic mass is 10.1. The van der Waals surface area contributed by atoms with Crippen molar-refractivity contribution >= 4 is 12.0 Å². The molecule has 0 radical (unpaired) electrons. The molecule has 2 aromatic rings. The van der Waals surface area contributed by atoms with Gasteiger partial charge in [-0.15, -0.1) is 0 Å². The Labute approximate surface area is 177 Å². The number of fused-ring (bicyclic) bond motifs is 1. The van der Waals surface area contributed by atoms with Gasteiger partial charge in [-0.1, -0.05) is 19.9 Å². The van der Waals surface area contributed by atoms with Gasteiger partial charge in [0.15, 0.2) is 0 Å². The van der Waals surface area contributed by atoms with Gasteiger partial charge in [0.25, 0.3) is 11.5 Å². The van der Waals surface area contributed by atoms with Crippen LogP contribution in [0.4, 0.5) is 0 Å². The van der Waals surface area contributed by atoms with E-state index in [1.54, 1.807) is 10.8 Å². The Morgan fingerprint density at radius 2 is 2.17 bits per heavy atom. The molecule has 30 heavy (non-hydrogen) atoms. The van der Waals surface area contributed by atoms with E-state index in [9.17, 15) is 9.59 Å². The Bertz CT molecular complexity index is 929. The predicted octanol–water partition coefficient (Wildman–Crippen LogP) is 2.80. The summed E-state index contributed by atoms with van der Waals surface area (Å²) in [6.07, 6.45) is 7.15. The zero-order valence-electron chi connectivity index (χ0n) is 18.0. The van der Waals surface area contributed by atoms with E-state index in [-0.39, 0.29) is 11.5 Å². The van der Waals surface area contributed by atoms with E-state index >= 15 is 0 Å². The van der Waals surface area contributed by atoms with Crippen LogP contribution in [-0.2, 0) is 13.0 Å². The summed E-state index contributed by atoms with van der Waals surface area (Å²) >= 11 is 0. The summed E-state index contributed by atoms with van der Waals surface area (Å²) in [6, 6.07) is 5.19. The molecule has 7 heteroatoms. The molecule has 0 aromatic carbocycles. The number of carbonyl (C=O) groups is 1. The van der Waals surface area contributed by atoms with Gasteiger partial charge >= 0.3 is 0 Å². The van der Waals surface area contributed by atoms with Gasteiger partial charge in [0, 0.05) is 50.9 Å². The topological polar surface area (TPSA) is 76.7 Å². The number of rotatable bonds is 8. The second-order valence-electron chi connectivity index (χ2n) is 7.93. The Hall–Kier alpha value is -2.80. The predicted molar refractivity (Wildman–Crippen MR) is 117 cm³/mol. The lowest BCUT2D eigenvalue weighted by molar-refractivity contribution is 0.0946. The lowest BCUT2D eigenvalue weighted by Gasteiger charge is -2.17. The Kier molecular flexibility index (Phi) is 7.52. The van der Waals surface area contributed by atoms with E-state index in [2.05, 4.69) is 30.1 Å². The number of nitrogens with zero attached hydrogens (tertiary/aromatic N) is 2. The molecule has 1 amide bonds. The number of furan rings is 1.